The molecule has 0 aromatic heterocycles. The van der Waals surface area contributed by atoms with Gasteiger partial charge in [-0.05, 0) is 42.9 Å². The van der Waals surface area contributed by atoms with Crippen LogP contribution < -0.4 is 5.73 Å². The normalized spacial score (nSPS) is 11.0. The van der Waals surface area contributed by atoms with E-state index in [1.54, 1.807) is 0 Å². The van der Waals surface area contributed by atoms with Gasteiger partial charge in [0.1, 0.15) is 0 Å². The van der Waals surface area contributed by atoms with Gasteiger partial charge < -0.3 is 15.6 Å². The number of esters is 1. The molecular weight excluding hydrogens is 382 g/mol. The molecule has 0 saturated heterocycles. The van der Waals surface area contributed by atoms with Crippen molar-refractivity contribution in [3.63, 3.8) is 0 Å². The average molecular weight is 414 g/mol. The van der Waals surface area contributed by atoms with Crippen LogP contribution in [0, 0.1) is 5.92 Å². The van der Waals surface area contributed by atoms with Gasteiger partial charge in [-0.2, -0.15) is 0 Å². The van der Waals surface area contributed by atoms with Gasteiger partial charge in [0.05, 0.1) is 18.9 Å². The van der Waals surface area contributed by atoms with Crippen LogP contribution in [-0.4, -0.2) is 29.6 Å². The minimum atomic E-state index is -0.996. The molecule has 0 saturated carbocycles. The number of carbonyl (C=O) groups excluding carboxylic acids is 2. The van der Waals surface area contributed by atoms with E-state index in [4.69, 9.17) is 9.84 Å². The van der Waals surface area contributed by atoms with Gasteiger partial charge in [-0.3, -0.25) is 14.4 Å². The third-order valence-corrected chi connectivity index (χ3v) is 4.44. The molecule has 2 rings (SSSR count). The van der Waals surface area contributed by atoms with E-state index >= 15 is 0 Å². The molecule has 0 radical (unpaired) electrons. The average Bonchev–Trinajstić information content (AvgIpc) is 2.74. The van der Waals surface area contributed by atoms with Crippen molar-refractivity contribution in [1.82, 2.24) is 0 Å². The largest absolute Gasteiger partial charge is 0.481 e. The van der Waals surface area contributed by atoms with E-state index in [2.05, 4.69) is 54.3 Å². The second-order valence-corrected chi connectivity index (χ2v) is 6.97. The summed E-state index contributed by atoms with van der Waals surface area (Å²) in [6, 6.07) is 19.1. The quantitative estimate of drug-likeness (QED) is 0.567. The summed E-state index contributed by atoms with van der Waals surface area (Å²) in [6.45, 7) is 4.25. The molecule has 0 aliphatic heterocycles. The van der Waals surface area contributed by atoms with Gasteiger partial charge in [0.25, 0.3) is 0 Å². The number of aryl methyl sites for hydroxylation is 1. The van der Waals surface area contributed by atoms with Crippen molar-refractivity contribution in [3.05, 3.63) is 60.2 Å². The number of carboxylic acid groups (broad SMARTS) is 1. The molecule has 0 aliphatic carbocycles. The van der Waals surface area contributed by atoms with Gasteiger partial charge >= 0.3 is 11.9 Å². The Balaban J connectivity index is 0.000000479. The van der Waals surface area contributed by atoms with Crippen LogP contribution in [0.3, 0.4) is 0 Å². The maximum absolute atomic E-state index is 11.6. The van der Waals surface area contributed by atoms with Crippen molar-refractivity contribution in [2.75, 3.05) is 6.61 Å². The van der Waals surface area contributed by atoms with Crippen molar-refractivity contribution >= 4 is 17.8 Å². The number of hydrogen-bond acceptors (Lipinski definition) is 4. The van der Waals surface area contributed by atoms with Crippen LogP contribution in [-0.2, 0) is 25.5 Å². The Labute approximate surface area is 178 Å². The number of hydrogen-bond donors (Lipinski definition) is 2. The highest BCUT2D eigenvalue weighted by Gasteiger charge is 2.13. The number of carbonyl (C=O) groups is 3. The highest BCUT2D eigenvalue weighted by atomic mass is 16.5. The summed E-state index contributed by atoms with van der Waals surface area (Å²) in [5.74, 6) is -1.67. The number of primary amides is 1. The summed E-state index contributed by atoms with van der Waals surface area (Å²) in [7, 11) is 0. The predicted octanol–water partition coefficient (Wildman–Crippen LogP) is 4.21. The smallest absolute Gasteiger partial charge is 0.308 e. The van der Waals surface area contributed by atoms with Crippen LogP contribution >= 0.6 is 0 Å². The highest BCUT2D eigenvalue weighted by Crippen LogP contribution is 2.20. The third kappa shape index (κ3) is 10.4. The molecule has 162 valence electrons. The number of rotatable bonds is 10. The van der Waals surface area contributed by atoms with Crippen molar-refractivity contribution in [3.8, 4) is 11.1 Å². The van der Waals surface area contributed by atoms with E-state index in [1.807, 2.05) is 19.9 Å². The molecule has 1 amide bonds. The fourth-order valence-electron chi connectivity index (χ4n) is 2.74. The third-order valence-electron chi connectivity index (χ3n) is 4.44. The fraction of sp³-hybridized carbons (Fsp3) is 0.375. The second kappa shape index (κ2) is 13.9. The Morgan fingerprint density at radius 1 is 0.967 bits per heavy atom. The summed E-state index contributed by atoms with van der Waals surface area (Å²) in [5.41, 5.74) is 8.43. The van der Waals surface area contributed by atoms with E-state index in [9.17, 15) is 14.4 Å². The van der Waals surface area contributed by atoms with Crippen molar-refractivity contribution in [2.24, 2.45) is 11.7 Å². The minimum absolute atomic E-state index is 0.0106. The standard InChI is InChI=1S/C20H24O2.C4H7NO3/c1-3-22-20(21)16(2)8-7-9-17-12-14-19(15-13-17)18-10-5-4-6-11-18;5-3(6)1-2-4(7)8/h4-6,10-16H,3,7-9H2,1-2H3;1-2H2,(H2,5,6)(H,7,8). The number of aliphatic carboxylic acids is 1. The maximum Gasteiger partial charge on any atom is 0.308 e. The Morgan fingerprint density at radius 2 is 1.57 bits per heavy atom. The molecule has 6 heteroatoms. The molecule has 1 atom stereocenters. The Kier molecular flexibility index (Phi) is 11.6. The minimum Gasteiger partial charge on any atom is -0.481 e. The number of ether oxygens (including phenoxy) is 1. The zero-order valence-corrected chi connectivity index (χ0v) is 17.7. The van der Waals surface area contributed by atoms with Gasteiger partial charge in [0, 0.05) is 6.42 Å². The number of carboxylic acids is 1. The van der Waals surface area contributed by atoms with Crippen molar-refractivity contribution in [1.29, 1.82) is 0 Å². The van der Waals surface area contributed by atoms with Crippen molar-refractivity contribution < 1.29 is 24.2 Å². The predicted molar refractivity (Wildman–Crippen MR) is 117 cm³/mol. The summed E-state index contributed by atoms with van der Waals surface area (Å²) >= 11 is 0. The van der Waals surface area contributed by atoms with Crippen LogP contribution in [0.25, 0.3) is 11.1 Å². The molecular formula is C24H31NO5. The highest BCUT2D eigenvalue weighted by molar-refractivity contribution is 5.79. The lowest BCUT2D eigenvalue weighted by molar-refractivity contribution is -0.147. The Morgan fingerprint density at radius 3 is 2.07 bits per heavy atom. The van der Waals surface area contributed by atoms with Crippen LogP contribution in [0.15, 0.2) is 54.6 Å². The summed E-state index contributed by atoms with van der Waals surface area (Å²) in [5, 5.41) is 7.95. The van der Waals surface area contributed by atoms with Gasteiger partial charge in [-0.15, -0.1) is 0 Å². The first-order valence-electron chi connectivity index (χ1n) is 10.1. The van der Waals surface area contributed by atoms with Crippen LogP contribution in [0.2, 0.25) is 0 Å². The number of benzene rings is 2. The summed E-state index contributed by atoms with van der Waals surface area (Å²) < 4.78 is 5.03. The second-order valence-electron chi connectivity index (χ2n) is 6.97. The van der Waals surface area contributed by atoms with Crippen molar-refractivity contribution in [2.45, 2.75) is 46.0 Å². The van der Waals surface area contributed by atoms with E-state index in [-0.39, 0.29) is 24.7 Å². The summed E-state index contributed by atoms with van der Waals surface area (Å²) in [6.07, 6.45) is 2.63. The van der Waals surface area contributed by atoms with Gasteiger partial charge in [-0.1, -0.05) is 61.5 Å². The van der Waals surface area contributed by atoms with E-state index in [0.717, 1.165) is 19.3 Å². The SMILES string of the molecule is CCOC(=O)C(C)CCCc1ccc(-c2ccccc2)cc1.NC(=O)CCC(=O)O. The monoisotopic (exact) mass is 413 g/mol. The zero-order chi connectivity index (χ0) is 22.4. The lowest BCUT2D eigenvalue weighted by Crippen LogP contribution is -2.14. The van der Waals surface area contributed by atoms with Gasteiger partial charge in [0.15, 0.2) is 0 Å². The maximum atomic E-state index is 11.6. The molecule has 0 aliphatic rings. The molecule has 3 N–H and O–H groups in total. The topological polar surface area (TPSA) is 107 Å². The molecule has 0 spiro atoms. The first-order valence-corrected chi connectivity index (χ1v) is 10.1. The molecule has 2 aromatic rings. The summed E-state index contributed by atoms with van der Waals surface area (Å²) in [4.78, 5) is 31.1. The number of nitrogens with two attached hydrogens (primary N) is 1. The fourth-order valence-corrected chi connectivity index (χ4v) is 2.74. The lowest BCUT2D eigenvalue weighted by atomic mass is 9.99. The molecule has 0 fully saturated rings. The van der Waals surface area contributed by atoms with Gasteiger partial charge in [-0.25, -0.2) is 0 Å². The lowest BCUT2D eigenvalue weighted by Gasteiger charge is -2.10. The van der Waals surface area contributed by atoms with E-state index in [0.29, 0.717) is 6.61 Å². The molecule has 6 nitrogen and oxygen atoms in total. The van der Waals surface area contributed by atoms with E-state index < -0.39 is 11.9 Å². The molecule has 2 aromatic carbocycles. The zero-order valence-electron chi connectivity index (χ0n) is 17.7. The molecule has 1 unspecified atom stereocenters. The Hall–Kier alpha value is -3.15. The van der Waals surface area contributed by atoms with E-state index in [1.165, 1.54) is 16.7 Å². The first kappa shape index (κ1) is 24.9. The number of amides is 1. The molecule has 0 bridgehead atoms. The molecule has 30 heavy (non-hydrogen) atoms. The first-order chi connectivity index (χ1) is 14.3. The Bertz CT molecular complexity index is 773. The van der Waals surface area contributed by atoms with Gasteiger partial charge in [0.2, 0.25) is 5.91 Å². The van der Waals surface area contributed by atoms with Crippen LogP contribution in [0.4, 0.5) is 0 Å². The van der Waals surface area contributed by atoms with Crippen LogP contribution in [0.5, 0.6) is 0 Å². The van der Waals surface area contributed by atoms with Crippen LogP contribution in [0.1, 0.15) is 45.1 Å². The molecule has 0 heterocycles.